The van der Waals surface area contributed by atoms with Crippen LogP contribution in [0.3, 0.4) is 0 Å². The lowest BCUT2D eigenvalue weighted by Gasteiger charge is -2.11. The van der Waals surface area contributed by atoms with Crippen LogP contribution < -0.4 is 19.5 Å². The average molecular weight is 513 g/mol. The standard InChI is InChI=1S/C30H28N2O6/c1-35-17-16-32-30(34)25(20-31)18-22-8-12-26(13-9-22)38-29(33)15-11-23-10-14-27(28(19-23)36-2)37-21-24-6-4-3-5-7-24/h3-15,18-19H,16-17,21H2,1-2H3,(H,32,34)/b15-11+,25-18+. The maximum Gasteiger partial charge on any atom is 0.336 e. The molecule has 0 atom stereocenters. The van der Waals surface area contributed by atoms with Crippen molar-refractivity contribution in [1.82, 2.24) is 5.32 Å². The first kappa shape index (κ1) is 27.7. The number of hydrogen-bond acceptors (Lipinski definition) is 7. The summed E-state index contributed by atoms with van der Waals surface area (Å²) in [6, 6.07) is 23.5. The van der Waals surface area contributed by atoms with Crippen LogP contribution in [-0.2, 0) is 20.9 Å². The Bertz CT molecular complexity index is 1330. The number of hydrogen-bond donors (Lipinski definition) is 1. The minimum Gasteiger partial charge on any atom is -0.493 e. The van der Waals surface area contributed by atoms with E-state index >= 15 is 0 Å². The van der Waals surface area contributed by atoms with Crippen LogP contribution in [0.25, 0.3) is 12.2 Å². The Balaban J connectivity index is 1.57. The molecule has 3 aromatic rings. The maximum atomic E-state index is 12.3. The third-order valence-corrected chi connectivity index (χ3v) is 5.20. The van der Waals surface area contributed by atoms with Gasteiger partial charge in [0.25, 0.3) is 5.91 Å². The molecule has 0 saturated heterocycles. The summed E-state index contributed by atoms with van der Waals surface area (Å²) in [4.78, 5) is 24.4. The lowest BCUT2D eigenvalue weighted by Crippen LogP contribution is -2.27. The number of esters is 1. The molecule has 0 aliphatic rings. The summed E-state index contributed by atoms with van der Waals surface area (Å²) in [5.41, 5.74) is 2.35. The lowest BCUT2D eigenvalue weighted by molar-refractivity contribution is -0.128. The Morgan fingerprint density at radius 1 is 0.947 bits per heavy atom. The first-order chi connectivity index (χ1) is 18.5. The van der Waals surface area contributed by atoms with Gasteiger partial charge in [-0.2, -0.15) is 5.26 Å². The zero-order valence-corrected chi connectivity index (χ0v) is 21.2. The molecule has 0 fully saturated rings. The summed E-state index contributed by atoms with van der Waals surface area (Å²) in [5.74, 6) is 0.410. The number of ether oxygens (including phenoxy) is 4. The highest BCUT2D eigenvalue weighted by Gasteiger charge is 2.09. The fraction of sp³-hybridized carbons (Fsp3) is 0.167. The van der Waals surface area contributed by atoms with Gasteiger partial charge in [-0.25, -0.2) is 4.79 Å². The van der Waals surface area contributed by atoms with Crippen molar-refractivity contribution in [2.24, 2.45) is 0 Å². The van der Waals surface area contributed by atoms with Crippen molar-refractivity contribution in [2.75, 3.05) is 27.4 Å². The van der Waals surface area contributed by atoms with E-state index in [0.29, 0.717) is 42.6 Å². The van der Waals surface area contributed by atoms with Gasteiger partial charge in [-0.3, -0.25) is 4.79 Å². The van der Waals surface area contributed by atoms with Crippen molar-refractivity contribution in [3.63, 3.8) is 0 Å². The Kier molecular flexibility index (Phi) is 10.7. The molecule has 38 heavy (non-hydrogen) atoms. The van der Waals surface area contributed by atoms with Crippen LogP contribution in [0.1, 0.15) is 16.7 Å². The molecule has 8 heteroatoms. The SMILES string of the molecule is COCCNC(=O)/C(C#N)=C/c1ccc(OC(=O)/C=C/c2ccc(OCc3ccccc3)c(OC)c2)cc1. The van der Waals surface area contributed by atoms with E-state index in [2.05, 4.69) is 5.32 Å². The van der Waals surface area contributed by atoms with Crippen LogP contribution in [0.5, 0.6) is 17.2 Å². The van der Waals surface area contributed by atoms with Crippen LogP contribution >= 0.6 is 0 Å². The second-order valence-corrected chi connectivity index (χ2v) is 7.93. The highest BCUT2D eigenvalue weighted by molar-refractivity contribution is 6.01. The van der Waals surface area contributed by atoms with Gasteiger partial charge in [-0.15, -0.1) is 0 Å². The number of nitrogens with zero attached hydrogens (tertiary/aromatic N) is 1. The van der Waals surface area contributed by atoms with Gasteiger partial charge in [0.1, 0.15) is 24.0 Å². The minimum absolute atomic E-state index is 0.0410. The summed E-state index contributed by atoms with van der Waals surface area (Å²) in [5, 5.41) is 11.9. The smallest absolute Gasteiger partial charge is 0.336 e. The Morgan fingerprint density at radius 3 is 2.37 bits per heavy atom. The van der Waals surface area contributed by atoms with Crippen molar-refractivity contribution in [3.8, 4) is 23.3 Å². The van der Waals surface area contributed by atoms with E-state index in [0.717, 1.165) is 11.1 Å². The maximum absolute atomic E-state index is 12.3. The number of nitriles is 1. The van der Waals surface area contributed by atoms with Gasteiger partial charge in [0.05, 0.1) is 13.7 Å². The number of carbonyl (C=O) groups excluding carboxylic acids is 2. The second-order valence-electron chi connectivity index (χ2n) is 7.93. The highest BCUT2D eigenvalue weighted by atomic mass is 16.5. The Morgan fingerprint density at radius 2 is 1.68 bits per heavy atom. The average Bonchev–Trinajstić information content (AvgIpc) is 2.95. The molecule has 0 aromatic heterocycles. The fourth-order valence-electron chi connectivity index (χ4n) is 3.27. The Hall–Kier alpha value is -4.87. The molecule has 3 aromatic carbocycles. The molecule has 1 N–H and O–H groups in total. The van der Waals surface area contributed by atoms with Gasteiger partial charge in [-0.1, -0.05) is 48.5 Å². The summed E-state index contributed by atoms with van der Waals surface area (Å²) in [6.07, 6.45) is 4.38. The fourth-order valence-corrected chi connectivity index (χ4v) is 3.27. The van der Waals surface area contributed by atoms with Crippen molar-refractivity contribution >= 4 is 24.0 Å². The highest BCUT2D eigenvalue weighted by Crippen LogP contribution is 2.29. The largest absolute Gasteiger partial charge is 0.493 e. The molecule has 8 nitrogen and oxygen atoms in total. The molecule has 194 valence electrons. The predicted octanol–water partition coefficient (Wildman–Crippen LogP) is 4.56. The van der Waals surface area contributed by atoms with E-state index in [1.54, 1.807) is 49.6 Å². The molecule has 1 amide bonds. The summed E-state index contributed by atoms with van der Waals surface area (Å²) >= 11 is 0. The third-order valence-electron chi connectivity index (χ3n) is 5.20. The number of amides is 1. The number of benzene rings is 3. The van der Waals surface area contributed by atoms with Gasteiger partial charge < -0.3 is 24.3 Å². The molecule has 0 bridgehead atoms. The van der Waals surface area contributed by atoms with E-state index in [1.165, 1.54) is 19.3 Å². The first-order valence-electron chi connectivity index (χ1n) is 11.8. The summed E-state index contributed by atoms with van der Waals surface area (Å²) < 4.78 is 21.5. The van der Waals surface area contributed by atoms with Crippen LogP contribution in [0.4, 0.5) is 0 Å². The van der Waals surface area contributed by atoms with Gasteiger partial charge in [-0.05, 0) is 53.1 Å². The van der Waals surface area contributed by atoms with Gasteiger partial charge in [0.15, 0.2) is 11.5 Å². The van der Waals surface area contributed by atoms with Crippen molar-refractivity contribution < 1.29 is 28.5 Å². The molecule has 0 unspecified atom stereocenters. The van der Waals surface area contributed by atoms with E-state index < -0.39 is 11.9 Å². The molecule has 0 radical (unpaired) electrons. The van der Waals surface area contributed by atoms with Crippen LogP contribution in [0, 0.1) is 11.3 Å². The number of methoxy groups -OCH3 is 2. The van der Waals surface area contributed by atoms with Crippen LogP contribution in [0.15, 0.2) is 84.4 Å². The molecule has 0 saturated carbocycles. The second kappa shape index (κ2) is 14.6. The van der Waals surface area contributed by atoms with Gasteiger partial charge >= 0.3 is 5.97 Å². The molecule has 0 spiro atoms. The van der Waals surface area contributed by atoms with E-state index in [-0.39, 0.29) is 5.57 Å². The molecule has 3 rings (SSSR count). The van der Waals surface area contributed by atoms with Crippen molar-refractivity contribution in [1.29, 1.82) is 5.26 Å². The summed E-state index contributed by atoms with van der Waals surface area (Å²) in [6.45, 7) is 1.06. The van der Waals surface area contributed by atoms with Gasteiger partial charge in [0.2, 0.25) is 0 Å². The van der Waals surface area contributed by atoms with E-state index in [4.69, 9.17) is 18.9 Å². The molecule has 0 aliphatic heterocycles. The number of rotatable bonds is 12. The van der Waals surface area contributed by atoms with E-state index in [9.17, 15) is 14.9 Å². The monoisotopic (exact) mass is 512 g/mol. The Labute approximate surface area is 221 Å². The van der Waals surface area contributed by atoms with Crippen LogP contribution in [-0.4, -0.2) is 39.2 Å². The zero-order valence-electron chi connectivity index (χ0n) is 21.2. The predicted molar refractivity (Wildman–Crippen MR) is 143 cm³/mol. The van der Waals surface area contributed by atoms with Crippen molar-refractivity contribution in [2.45, 2.75) is 6.61 Å². The molecule has 0 heterocycles. The van der Waals surface area contributed by atoms with Crippen LogP contribution in [0.2, 0.25) is 0 Å². The number of nitrogens with one attached hydrogen (secondary N) is 1. The van der Waals surface area contributed by atoms with Gasteiger partial charge in [0, 0.05) is 19.7 Å². The zero-order chi connectivity index (χ0) is 27.2. The van der Waals surface area contributed by atoms with E-state index in [1.807, 2.05) is 42.5 Å². The third kappa shape index (κ3) is 8.66. The normalized spacial score (nSPS) is 11.0. The minimum atomic E-state index is -0.563. The topological polar surface area (TPSA) is 107 Å². The number of carbonyl (C=O) groups is 2. The molecular weight excluding hydrogens is 484 g/mol. The first-order valence-corrected chi connectivity index (χ1v) is 11.8. The lowest BCUT2D eigenvalue weighted by atomic mass is 10.1. The molecule has 0 aliphatic carbocycles. The quantitative estimate of drug-likeness (QED) is 0.125. The summed E-state index contributed by atoms with van der Waals surface area (Å²) in [7, 11) is 3.08. The molecular formula is C30H28N2O6. The van der Waals surface area contributed by atoms with Crippen molar-refractivity contribution in [3.05, 3.63) is 101 Å².